The van der Waals surface area contributed by atoms with Gasteiger partial charge in [0, 0.05) is 5.57 Å². The zero-order valence-corrected chi connectivity index (χ0v) is 8.45. The number of benzene rings is 1. The van der Waals surface area contributed by atoms with Gasteiger partial charge in [-0.25, -0.2) is 4.79 Å². The SMILES string of the molecule is CC/C(=C\c1cccc(C)c1)C(=O)O. The normalized spacial score (nSPS) is 11.4. The van der Waals surface area contributed by atoms with E-state index in [1.807, 2.05) is 38.1 Å². The summed E-state index contributed by atoms with van der Waals surface area (Å²) in [5.41, 5.74) is 2.53. The Bertz CT molecular complexity index is 364. The van der Waals surface area contributed by atoms with E-state index in [1.54, 1.807) is 6.08 Å². The van der Waals surface area contributed by atoms with Gasteiger partial charge in [-0.1, -0.05) is 36.8 Å². The van der Waals surface area contributed by atoms with E-state index >= 15 is 0 Å². The summed E-state index contributed by atoms with van der Waals surface area (Å²) in [4.78, 5) is 10.8. The first kappa shape index (κ1) is 10.5. The van der Waals surface area contributed by atoms with Crippen molar-refractivity contribution in [2.24, 2.45) is 0 Å². The first-order valence-corrected chi connectivity index (χ1v) is 4.64. The van der Waals surface area contributed by atoms with Crippen molar-refractivity contribution in [1.29, 1.82) is 0 Å². The number of carboxylic acids is 1. The predicted octanol–water partition coefficient (Wildman–Crippen LogP) is 2.87. The van der Waals surface area contributed by atoms with Gasteiger partial charge in [0.05, 0.1) is 0 Å². The van der Waals surface area contributed by atoms with Crippen LogP contribution in [0.15, 0.2) is 29.8 Å². The molecule has 1 N–H and O–H groups in total. The summed E-state index contributed by atoms with van der Waals surface area (Å²) in [6.45, 7) is 3.83. The lowest BCUT2D eigenvalue weighted by Gasteiger charge is -1.99. The molecule has 0 aromatic heterocycles. The summed E-state index contributed by atoms with van der Waals surface area (Å²) in [6, 6.07) is 7.80. The maximum atomic E-state index is 10.8. The zero-order chi connectivity index (χ0) is 10.6. The van der Waals surface area contributed by atoms with E-state index in [-0.39, 0.29) is 0 Å². The van der Waals surface area contributed by atoms with Crippen molar-refractivity contribution in [3.63, 3.8) is 0 Å². The monoisotopic (exact) mass is 190 g/mol. The highest BCUT2D eigenvalue weighted by atomic mass is 16.4. The third-order valence-corrected chi connectivity index (χ3v) is 2.04. The fourth-order valence-corrected chi connectivity index (χ4v) is 1.28. The molecule has 1 rings (SSSR count). The summed E-state index contributed by atoms with van der Waals surface area (Å²) in [5, 5.41) is 8.84. The molecule has 1 aromatic rings. The van der Waals surface area contributed by atoms with Crippen LogP contribution in [0.5, 0.6) is 0 Å². The van der Waals surface area contributed by atoms with Gasteiger partial charge in [0.15, 0.2) is 0 Å². The molecule has 0 atom stereocenters. The number of hydrogen-bond donors (Lipinski definition) is 1. The minimum absolute atomic E-state index is 0.440. The molecule has 0 aliphatic carbocycles. The topological polar surface area (TPSA) is 37.3 Å². The van der Waals surface area contributed by atoms with Crippen LogP contribution in [0.2, 0.25) is 0 Å². The summed E-state index contributed by atoms with van der Waals surface area (Å²) in [7, 11) is 0. The average molecular weight is 190 g/mol. The molecule has 0 aliphatic heterocycles. The number of rotatable bonds is 3. The zero-order valence-electron chi connectivity index (χ0n) is 8.45. The second kappa shape index (κ2) is 4.61. The third kappa shape index (κ3) is 2.73. The van der Waals surface area contributed by atoms with E-state index in [2.05, 4.69) is 0 Å². The molecule has 0 radical (unpaired) electrons. The maximum Gasteiger partial charge on any atom is 0.331 e. The van der Waals surface area contributed by atoms with Gasteiger partial charge in [-0.05, 0) is 25.0 Å². The Morgan fingerprint density at radius 2 is 2.21 bits per heavy atom. The van der Waals surface area contributed by atoms with Crippen LogP contribution < -0.4 is 0 Å². The van der Waals surface area contributed by atoms with E-state index in [0.29, 0.717) is 12.0 Å². The second-order valence-corrected chi connectivity index (χ2v) is 3.24. The number of carbonyl (C=O) groups is 1. The van der Waals surface area contributed by atoms with Gasteiger partial charge in [-0.15, -0.1) is 0 Å². The summed E-state index contributed by atoms with van der Waals surface area (Å²) < 4.78 is 0. The molecule has 74 valence electrons. The Morgan fingerprint density at radius 1 is 1.50 bits per heavy atom. The van der Waals surface area contributed by atoms with Crippen molar-refractivity contribution in [1.82, 2.24) is 0 Å². The fraction of sp³-hybridized carbons (Fsp3) is 0.250. The van der Waals surface area contributed by atoms with Crippen LogP contribution in [0.1, 0.15) is 24.5 Å². The molecule has 14 heavy (non-hydrogen) atoms. The van der Waals surface area contributed by atoms with E-state index in [1.165, 1.54) is 0 Å². The molecule has 2 nitrogen and oxygen atoms in total. The molecule has 0 saturated heterocycles. The van der Waals surface area contributed by atoms with Crippen molar-refractivity contribution in [2.75, 3.05) is 0 Å². The van der Waals surface area contributed by atoms with Crippen LogP contribution in [0, 0.1) is 6.92 Å². The molecule has 0 bridgehead atoms. The molecule has 1 aromatic carbocycles. The largest absolute Gasteiger partial charge is 0.478 e. The molecular weight excluding hydrogens is 176 g/mol. The van der Waals surface area contributed by atoms with Crippen LogP contribution in [0.25, 0.3) is 6.08 Å². The van der Waals surface area contributed by atoms with Crippen LogP contribution in [-0.4, -0.2) is 11.1 Å². The van der Waals surface area contributed by atoms with Gasteiger partial charge in [-0.3, -0.25) is 0 Å². The Labute approximate surface area is 83.9 Å². The van der Waals surface area contributed by atoms with Gasteiger partial charge < -0.3 is 5.11 Å². The molecule has 0 spiro atoms. The minimum Gasteiger partial charge on any atom is -0.478 e. The highest BCUT2D eigenvalue weighted by molar-refractivity contribution is 5.92. The smallest absolute Gasteiger partial charge is 0.331 e. The van der Waals surface area contributed by atoms with E-state index in [9.17, 15) is 4.79 Å². The van der Waals surface area contributed by atoms with Crippen molar-refractivity contribution in [3.05, 3.63) is 41.0 Å². The number of carboxylic acid groups (broad SMARTS) is 1. The first-order chi connectivity index (χ1) is 6.63. The quantitative estimate of drug-likeness (QED) is 0.744. The van der Waals surface area contributed by atoms with Crippen molar-refractivity contribution < 1.29 is 9.90 Å². The highest BCUT2D eigenvalue weighted by Crippen LogP contribution is 2.11. The lowest BCUT2D eigenvalue weighted by molar-refractivity contribution is -0.132. The Balaban J connectivity index is 3.00. The minimum atomic E-state index is -0.839. The van der Waals surface area contributed by atoms with Crippen molar-refractivity contribution >= 4 is 12.0 Å². The highest BCUT2D eigenvalue weighted by Gasteiger charge is 2.03. The lowest BCUT2D eigenvalue weighted by Crippen LogP contribution is -1.98. The summed E-state index contributed by atoms with van der Waals surface area (Å²) in [6.07, 6.45) is 2.26. The number of hydrogen-bond acceptors (Lipinski definition) is 1. The molecular formula is C12H14O2. The van der Waals surface area contributed by atoms with E-state index < -0.39 is 5.97 Å². The van der Waals surface area contributed by atoms with E-state index in [0.717, 1.165) is 11.1 Å². The molecule has 2 heteroatoms. The molecule has 0 heterocycles. The van der Waals surface area contributed by atoms with Crippen LogP contribution in [-0.2, 0) is 4.79 Å². The van der Waals surface area contributed by atoms with Gasteiger partial charge in [0.1, 0.15) is 0 Å². The summed E-state index contributed by atoms with van der Waals surface area (Å²) >= 11 is 0. The van der Waals surface area contributed by atoms with E-state index in [4.69, 9.17) is 5.11 Å². The van der Waals surface area contributed by atoms with Gasteiger partial charge in [0.2, 0.25) is 0 Å². The molecule has 0 fully saturated rings. The molecule has 0 saturated carbocycles. The number of aryl methyl sites for hydroxylation is 1. The Morgan fingerprint density at radius 3 is 2.71 bits per heavy atom. The third-order valence-electron chi connectivity index (χ3n) is 2.04. The van der Waals surface area contributed by atoms with Crippen molar-refractivity contribution in [3.8, 4) is 0 Å². The Kier molecular flexibility index (Phi) is 3.46. The van der Waals surface area contributed by atoms with Gasteiger partial charge >= 0.3 is 5.97 Å². The second-order valence-electron chi connectivity index (χ2n) is 3.24. The summed E-state index contributed by atoms with van der Waals surface area (Å²) in [5.74, 6) is -0.839. The van der Waals surface area contributed by atoms with Crippen LogP contribution in [0.4, 0.5) is 0 Å². The molecule has 0 aliphatic rings. The average Bonchev–Trinajstić information content (AvgIpc) is 2.14. The van der Waals surface area contributed by atoms with Crippen molar-refractivity contribution in [2.45, 2.75) is 20.3 Å². The lowest BCUT2D eigenvalue weighted by atomic mass is 10.1. The molecule has 0 amide bonds. The first-order valence-electron chi connectivity index (χ1n) is 4.64. The molecule has 0 unspecified atom stereocenters. The van der Waals surface area contributed by atoms with Crippen LogP contribution in [0.3, 0.4) is 0 Å². The number of aliphatic carboxylic acids is 1. The van der Waals surface area contributed by atoms with Gasteiger partial charge in [0.25, 0.3) is 0 Å². The maximum absolute atomic E-state index is 10.8. The predicted molar refractivity (Wildman–Crippen MR) is 57.1 cm³/mol. The van der Waals surface area contributed by atoms with Gasteiger partial charge in [-0.2, -0.15) is 0 Å². The van der Waals surface area contributed by atoms with Crippen LogP contribution >= 0.6 is 0 Å². The Hall–Kier alpha value is -1.57. The fourth-order valence-electron chi connectivity index (χ4n) is 1.28. The standard InChI is InChI=1S/C12H14O2/c1-3-11(12(13)14)8-10-6-4-5-9(2)7-10/h4-8H,3H2,1-2H3,(H,13,14)/b11-8+.